The molecule has 0 saturated carbocycles. The van der Waals surface area contributed by atoms with Gasteiger partial charge in [0, 0.05) is 17.7 Å². The monoisotopic (exact) mass is 657 g/mol. The summed E-state index contributed by atoms with van der Waals surface area (Å²) >= 11 is -1.67. The minimum absolute atomic E-state index is 0.0508. The highest BCUT2D eigenvalue weighted by Crippen LogP contribution is 2.29. The summed E-state index contributed by atoms with van der Waals surface area (Å²) in [6.07, 6.45) is -1.11. The van der Waals surface area contributed by atoms with Gasteiger partial charge < -0.3 is 29.0 Å². The van der Waals surface area contributed by atoms with Gasteiger partial charge in [0.25, 0.3) is 18.1 Å². The van der Waals surface area contributed by atoms with Gasteiger partial charge in [0.15, 0.2) is 0 Å². The number of carbonyl (C=O) groups excluding carboxylic acids is 5. The lowest BCUT2D eigenvalue weighted by Crippen LogP contribution is -2.72. The van der Waals surface area contributed by atoms with Crippen LogP contribution in [0.25, 0.3) is 0 Å². The average molecular weight is 658 g/mol. The van der Waals surface area contributed by atoms with Gasteiger partial charge in [-0.3, -0.25) is 34.1 Å². The standard InChI is InChI=1S/C31H35N3O11S/c1-4-21(3)45-25(36)14-15-46(42)18-20(2)28-27(32-30(38)29(44-19-35)23-8-6-5-7-9-23)31(39)33(28)16-26(37)43-17-22-10-12-24(13-11-22)34(40)41/h5-13,18-19,21,27-29H,4,14-17H2,1-3H3,(H,32,38). The van der Waals surface area contributed by atoms with Crippen molar-refractivity contribution in [1.29, 1.82) is 0 Å². The molecule has 14 nitrogen and oxygen atoms in total. The zero-order chi connectivity index (χ0) is 33.8. The van der Waals surface area contributed by atoms with Crippen LogP contribution in [0.2, 0.25) is 0 Å². The third-order valence-electron chi connectivity index (χ3n) is 7.08. The van der Waals surface area contributed by atoms with Gasteiger partial charge in [-0.15, -0.1) is 0 Å². The zero-order valence-corrected chi connectivity index (χ0v) is 26.3. The maximum absolute atomic E-state index is 13.2. The highest BCUT2D eigenvalue weighted by molar-refractivity contribution is 7.94. The van der Waals surface area contributed by atoms with Gasteiger partial charge in [0.1, 0.15) is 30.4 Å². The number of nitrogens with zero attached hydrogens (tertiary/aromatic N) is 2. The van der Waals surface area contributed by atoms with Gasteiger partial charge >= 0.3 is 11.9 Å². The fourth-order valence-corrected chi connectivity index (χ4v) is 5.57. The van der Waals surface area contributed by atoms with Crippen LogP contribution in [0.3, 0.4) is 0 Å². The molecule has 1 fully saturated rings. The molecule has 2 aromatic rings. The van der Waals surface area contributed by atoms with Crippen molar-refractivity contribution in [1.82, 2.24) is 10.2 Å². The SMILES string of the molecule is CCC(C)OC(=O)CC[S+]([O-])C=C(C)C1C(NC(=O)C(OC=O)c2ccccc2)C(=O)N1CC(=O)OCc1ccc([N+](=O)[O-])cc1. The first kappa shape index (κ1) is 35.7. The summed E-state index contributed by atoms with van der Waals surface area (Å²) in [6.45, 7) is 4.56. The van der Waals surface area contributed by atoms with Gasteiger partial charge in [-0.2, -0.15) is 0 Å². The van der Waals surface area contributed by atoms with Crippen molar-refractivity contribution in [3.8, 4) is 0 Å². The summed E-state index contributed by atoms with van der Waals surface area (Å²) in [7, 11) is 0. The van der Waals surface area contributed by atoms with E-state index >= 15 is 0 Å². The Hall–Kier alpha value is -4.76. The number of ether oxygens (including phenoxy) is 3. The summed E-state index contributed by atoms with van der Waals surface area (Å²) in [5.41, 5.74) is 1.09. The fraction of sp³-hybridized carbons (Fsp3) is 0.387. The Kier molecular flexibility index (Phi) is 13.3. The number of likely N-dealkylation sites (tertiary alicyclic amines) is 1. The van der Waals surface area contributed by atoms with Crippen molar-refractivity contribution >= 4 is 47.1 Å². The van der Waals surface area contributed by atoms with E-state index in [9.17, 15) is 38.6 Å². The second-order valence-corrected chi connectivity index (χ2v) is 11.8. The van der Waals surface area contributed by atoms with E-state index in [4.69, 9.17) is 14.2 Å². The van der Waals surface area contributed by atoms with Gasteiger partial charge in [0.05, 0.1) is 23.5 Å². The van der Waals surface area contributed by atoms with Crippen molar-refractivity contribution < 1.29 is 47.7 Å². The number of hydrogen-bond donors (Lipinski definition) is 1. The minimum atomic E-state index is -1.67. The third kappa shape index (κ3) is 9.87. The highest BCUT2D eigenvalue weighted by atomic mass is 32.2. The Labute approximate surface area is 268 Å². The Morgan fingerprint density at radius 1 is 1.11 bits per heavy atom. The molecule has 1 aliphatic rings. The Morgan fingerprint density at radius 2 is 1.78 bits per heavy atom. The average Bonchev–Trinajstić information content (AvgIpc) is 3.04. The van der Waals surface area contributed by atoms with Gasteiger partial charge in [-0.05, 0) is 54.7 Å². The predicted octanol–water partition coefficient (Wildman–Crippen LogP) is 2.63. The molecule has 5 atom stereocenters. The Balaban J connectivity index is 1.74. The van der Waals surface area contributed by atoms with Crippen molar-refractivity contribution in [2.75, 3.05) is 12.3 Å². The number of nitro groups is 1. The van der Waals surface area contributed by atoms with Crippen molar-refractivity contribution in [3.63, 3.8) is 0 Å². The molecule has 0 spiro atoms. The summed E-state index contributed by atoms with van der Waals surface area (Å²) < 4.78 is 28.3. The molecule has 3 rings (SSSR count). The first-order valence-corrected chi connectivity index (χ1v) is 15.7. The molecule has 0 aliphatic carbocycles. The molecule has 246 valence electrons. The lowest BCUT2D eigenvalue weighted by atomic mass is 9.89. The quantitative estimate of drug-likeness (QED) is 0.0500. The summed E-state index contributed by atoms with van der Waals surface area (Å²) in [6, 6.07) is 11.4. The van der Waals surface area contributed by atoms with Crippen LogP contribution >= 0.6 is 0 Å². The molecule has 2 aromatic carbocycles. The third-order valence-corrected chi connectivity index (χ3v) is 8.32. The lowest BCUT2D eigenvalue weighted by molar-refractivity contribution is -0.384. The Morgan fingerprint density at radius 3 is 2.39 bits per heavy atom. The number of benzene rings is 2. The van der Waals surface area contributed by atoms with Crippen LogP contribution < -0.4 is 5.32 Å². The molecule has 46 heavy (non-hydrogen) atoms. The number of nitrogens with one attached hydrogen (secondary N) is 1. The second kappa shape index (κ2) is 17.1. The number of nitro benzene ring substituents is 1. The molecule has 1 N–H and O–H groups in total. The maximum Gasteiger partial charge on any atom is 0.326 e. The highest BCUT2D eigenvalue weighted by Gasteiger charge is 2.51. The van der Waals surface area contributed by atoms with E-state index < -0.39 is 64.6 Å². The number of amides is 2. The molecule has 1 heterocycles. The van der Waals surface area contributed by atoms with Crippen LogP contribution in [0.15, 0.2) is 65.6 Å². The van der Waals surface area contributed by atoms with E-state index in [1.54, 1.807) is 44.2 Å². The summed E-state index contributed by atoms with van der Waals surface area (Å²) in [5.74, 6) is -2.78. The first-order valence-electron chi connectivity index (χ1n) is 14.3. The Bertz CT molecular complexity index is 1430. The van der Waals surface area contributed by atoms with E-state index in [0.717, 1.165) is 4.90 Å². The van der Waals surface area contributed by atoms with E-state index in [1.165, 1.54) is 29.7 Å². The van der Waals surface area contributed by atoms with Gasteiger partial charge in [0.2, 0.25) is 12.0 Å². The summed E-state index contributed by atoms with van der Waals surface area (Å²) in [5, 5.41) is 14.8. The van der Waals surface area contributed by atoms with Crippen LogP contribution in [0.4, 0.5) is 5.69 Å². The molecule has 5 unspecified atom stereocenters. The second-order valence-electron chi connectivity index (χ2n) is 10.4. The zero-order valence-electron chi connectivity index (χ0n) is 25.5. The van der Waals surface area contributed by atoms with Crippen molar-refractivity contribution in [2.24, 2.45) is 0 Å². The molecule has 2 amide bonds. The molecule has 1 aliphatic heterocycles. The minimum Gasteiger partial charge on any atom is -0.612 e. The van der Waals surface area contributed by atoms with E-state index in [-0.39, 0.29) is 37.0 Å². The van der Waals surface area contributed by atoms with Crippen molar-refractivity contribution in [2.45, 2.75) is 64.5 Å². The molecule has 0 aromatic heterocycles. The first-order chi connectivity index (χ1) is 21.9. The van der Waals surface area contributed by atoms with Gasteiger partial charge in [-0.1, -0.05) is 37.3 Å². The molecular formula is C31H35N3O11S. The molecule has 15 heteroatoms. The number of carbonyl (C=O) groups is 5. The van der Waals surface area contributed by atoms with Crippen LogP contribution in [0.1, 0.15) is 50.8 Å². The van der Waals surface area contributed by atoms with E-state index in [2.05, 4.69) is 5.32 Å². The number of rotatable bonds is 17. The molecule has 1 saturated heterocycles. The number of esters is 2. The van der Waals surface area contributed by atoms with E-state index in [0.29, 0.717) is 23.1 Å². The number of non-ortho nitro benzene ring substituents is 1. The molecular weight excluding hydrogens is 622 g/mol. The predicted molar refractivity (Wildman–Crippen MR) is 164 cm³/mol. The smallest absolute Gasteiger partial charge is 0.326 e. The fourth-order valence-electron chi connectivity index (χ4n) is 4.53. The normalized spacial score (nSPS) is 18.0. The van der Waals surface area contributed by atoms with Crippen LogP contribution in [-0.2, 0) is 56.0 Å². The number of β-lactam (4-membered cyclic amide) rings is 1. The van der Waals surface area contributed by atoms with E-state index in [1.807, 2.05) is 6.92 Å². The van der Waals surface area contributed by atoms with Crippen LogP contribution in [-0.4, -0.2) is 75.1 Å². The summed E-state index contributed by atoms with van der Waals surface area (Å²) in [4.78, 5) is 73.8. The van der Waals surface area contributed by atoms with Crippen LogP contribution in [0.5, 0.6) is 0 Å². The van der Waals surface area contributed by atoms with Gasteiger partial charge in [-0.25, -0.2) is 0 Å². The number of hydrogen-bond acceptors (Lipinski definition) is 11. The molecule has 0 radical (unpaired) electrons. The maximum atomic E-state index is 13.2. The molecule has 0 bridgehead atoms. The largest absolute Gasteiger partial charge is 0.612 e. The van der Waals surface area contributed by atoms with Crippen molar-refractivity contribution in [3.05, 3.63) is 86.8 Å². The van der Waals surface area contributed by atoms with Crippen LogP contribution in [0, 0.1) is 10.1 Å². The topological polar surface area (TPSA) is 195 Å². The lowest BCUT2D eigenvalue weighted by Gasteiger charge is -2.47.